The molecule has 2 aromatic rings. The van der Waals surface area contributed by atoms with Crippen LogP contribution in [0.25, 0.3) is 5.69 Å². The highest BCUT2D eigenvalue weighted by Crippen LogP contribution is 2.28. The minimum atomic E-state index is -0.943. The van der Waals surface area contributed by atoms with Crippen molar-refractivity contribution in [2.24, 2.45) is 11.5 Å². The van der Waals surface area contributed by atoms with Crippen LogP contribution >= 0.6 is 0 Å². The van der Waals surface area contributed by atoms with Crippen LogP contribution in [0.4, 0.5) is 10.6 Å². The largest absolute Gasteiger partial charge is 0.354 e. The number of carbonyl (C=O) groups excluding carboxylic acids is 2. The molecule has 0 saturated carbocycles. The van der Waals surface area contributed by atoms with Gasteiger partial charge in [-0.2, -0.15) is 4.98 Å². The van der Waals surface area contributed by atoms with E-state index in [0.717, 1.165) is 38.0 Å². The molecule has 11 nitrogen and oxygen atoms in total. The van der Waals surface area contributed by atoms with Crippen LogP contribution in [0.3, 0.4) is 0 Å². The van der Waals surface area contributed by atoms with Crippen molar-refractivity contribution in [2.45, 2.75) is 50.7 Å². The maximum atomic E-state index is 12.8. The molecule has 1 unspecified atom stereocenters. The second kappa shape index (κ2) is 9.88. The fourth-order valence-corrected chi connectivity index (χ4v) is 5.41. The number of piperazine rings is 1. The molecule has 0 bridgehead atoms. The number of likely N-dealkylation sites (tertiary alicyclic amines) is 1. The molecule has 2 fully saturated rings. The van der Waals surface area contributed by atoms with Crippen molar-refractivity contribution in [3.05, 3.63) is 52.1 Å². The Morgan fingerprint density at radius 2 is 1.76 bits per heavy atom. The van der Waals surface area contributed by atoms with Gasteiger partial charge in [0.05, 0.1) is 11.2 Å². The Morgan fingerprint density at radius 1 is 1.05 bits per heavy atom. The Labute approximate surface area is 216 Å². The number of nitrogens with two attached hydrogens (primary N) is 2. The van der Waals surface area contributed by atoms with Gasteiger partial charge in [0.15, 0.2) is 0 Å². The molecule has 2 saturated heterocycles. The molecule has 198 valence electrons. The molecule has 5 N–H and O–H groups in total. The Hall–Kier alpha value is -3.28. The molecule has 3 amide bonds. The molecule has 1 aromatic carbocycles. The Balaban J connectivity index is 1.20. The van der Waals surface area contributed by atoms with E-state index < -0.39 is 11.2 Å². The van der Waals surface area contributed by atoms with Crippen molar-refractivity contribution in [3.63, 3.8) is 0 Å². The minimum absolute atomic E-state index is 0.138. The summed E-state index contributed by atoms with van der Waals surface area (Å²) in [5.74, 6) is 0.0575. The van der Waals surface area contributed by atoms with Crippen LogP contribution in [0, 0.1) is 0 Å². The molecular formula is C26H36N8O3. The first-order chi connectivity index (χ1) is 17.6. The van der Waals surface area contributed by atoms with Gasteiger partial charge in [0, 0.05) is 57.5 Å². The number of anilines is 1. The number of aryl methyl sites for hydroxylation is 1. The summed E-state index contributed by atoms with van der Waals surface area (Å²) in [6, 6.07) is 8.25. The molecule has 37 heavy (non-hydrogen) atoms. The normalized spacial score (nSPS) is 20.8. The van der Waals surface area contributed by atoms with Gasteiger partial charge in [-0.3, -0.25) is 19.6 Å². The van der Waals surface area contributed by atoms with E-state index in [9.17, 15) is 14.4 Å². The smallest absolute Gasteiger partial charge is 0.338 e. The molecule has 3 heterocycles. The van der Waals surface area contributed by atoms with Crippen LogP contribution < -0.4 is 22.5 Å². The van der Waals surface area contributed by atoms with E-state index in [4.69, 9.17) is 11.5 Å². The van der Waals surface area contributed by atoms with E-state index in [-0.39, 0.29) is 17.8 Å². The van der Waals surface area contributed by atoms with E-state index in [1.165, 1.54) is 15.7 Å². The number of carbonyl (C=O) groups is 2. The van der Waals surface area contributed by atoms with Gasteiger partial charge in [0.25, 0.3) is 0 Å². The molecule has 0 spiro atoms. The summed E-state index contributed by atoms with van der Waals surface area (Å²) < 4.78 is 1.50. The van der Waals surface area contributed by atoms with Gasteiger partial charge >= 0.3 is 11.7 Å². The standard InChI is InChI=1S/C26H36N8O3/c1-26(2,28)23(35)31-9-11-32(12-10-31)24(36)29-22-7-8-34(25(37)30-22)21-6-4-17-13-20(5-3-18(17)14-21)33-15-19(27)16-33/h4,6-8,14,19-20H,3,5,9-13,15-16,27-28H2,1-2H3,(H,29,30,36,37). The quantitative estimate of drug-likeness (QED) is 0.533. The first-order valence-corrected chi connectivity index (χ1v) is 12.9. The van der Waals surface area contributed by atoms with E-state index in [2.05, 4.69) is 27.3 Å². The Kier molecular flexibility index (Phi) is 6.78. The molecule has 3 aliphatic rings. The van der Waals surface area contributed by atoms with Crippen molar-refractivity contribution in [3.8, 4) is 5.69 Å². The lowest BCUT2D eigenvalue weighted by molar-refractivity contribution is -0.137. The first kappa shape index (κ1) is 25.4. The highest BCUT2D eigenvalue weighted by Gasteiger charge is 2.33. The van der Waals surface area contributed by atoms with Crippen LogP contribution in [-0.4, -0.2) is 93.1 Å². The van der Waals surface area contributed by atoms with Gasteiger partial charge in [0.1, 0.15) is 5.82 Å². The molecule has 0 radical (unpaired) electrons. The third kappa shape index (κ3) is 5.39. The van der Waals surface area contributed by atoms with Crippen LogP contribution in [-0.2, 0) is 17.6 Å². The number of amides is 3. The summed E-state index contributed by atoms with van der Waals surface area (Å²) in [5, 5.41) is 2.71. The van der Waals surface area contributed by atoms with Gasteiger partial charge in [-0.1, -0.05) is 6.07 Å². The van der Waals surface area contributed by atoms with E-state index >= 15 is 0 Å². The van der Waals surface area contributed by atoms with Crippen molar-refractivity contribution >= 4 is 17.8 Å². The summed E-state index contributed by atoms with van der Waals surface area (Å²) in [7, 11) is 0. The molecule has 5 rings (SSSR count). The van der Waals surface area contributed by atoms with Crippen LogP contribution in [0.5, 0.6) is 0 Å². The monoisotopic (exact) mass is 508 g/mol. The predicted molar refractivity (Wildman–Crippen MR) is 141 cm³/mol. The number of fused-ring (bicyclic) bond motifs is 1. The van der Waals surface area contributed by atoms with Gasteiger partial charge in [0.2, 0.25) is 5.91 Å². The Morgan fingerprint density at radius 3 is 2.41 bits per heavy atom. The SMILES string of the molecule is CC(C)(N)C(=O)N1CCN(C(=O)Nc2ccn(-c3ccc4c(c3)CCC(N3CC(N)C3)C4)c(=O)n2)CC1. The molecule has 1 aliphatic carbocycles. The average molecular weight is 509 g/mol. The van der Waals surface area contributed by atoms with Crippen LogP contribution in [0.2, 0.25) is 0 Å². The van der Waals surface area contributed by atoms with Gasteiger partial charge in [-0.05, 0) is 62.4 Å². The number of nitrogens with zero attached hydrogens (tertiary/aromatic N) is 5. The molecule has 1 atom stereocenters. The summed E-state index contributed by atoms with van der Waals surface area (Å²) >= 11 is 0. The number of hydrogen-bond donors (Lipinski definition) is 3. The van der Waals surface area contributed by atoms with Gasteiger partial charge < -0.3 is 21.3 Å². The maximum Gasteiger partial charge on any atom is 0.354 e. The van der Waals surface area contributed by atoms with Crippen LogP contribution in [0.15, 0.2) is 35.3 Å². The van der Waals surface area contributed by atoms with Gasteiger partial charge in [-0.25, -0.2) is 9.59 Å². The Bertz CT molecular complexity index is 1240. The zero-order valence-electron chi connectivity index (χ0n) is 21.5. The van der Waals surface area contributed by atoms with E-state index in [1.807, 2.05) is 6.07 Å². The van der Waals surface area contributed by atoms with E-state index in [0.29, 0.717) is 38.3 Å². The fraction of sp³-hybridized carbons (Fsp3) is 0.538. The summed E-state index contributed by atoms with van der Waals surface area (Å²) in [6.45, 7) is 6.88. The van der Waals surface area contributed by atoms with Crippen LogP contribution in [0.1, 0.15) is 31.4 Å². The number of rotatable bonds is 4. The molecule has 2 aliphatic heterocycles. The second-order valence-electron chi connectivity index (χ2n) is 11.0. The van der Waals surface area contributed by atoms with Crippen molar-refractivity contribution < 1.29 is 9.59 Å². The van der Waals surface area contributed by atoms with Crippen molar-refractivity contribution in [1.29, 1.82) is 0 Å². The lowest BCUT2D eigenvalue weighted by Crippen LogP contribution is -2.60. The second-order valence-corrected chi connectivity index (χ2v) is 11.0. The minimum Gasteiger partial charge on any atom is -0.338 e. The lowest BCUT2D eigenvalue weighted by atomic mass is 9.85. The average Bonchev–Trinajstić information content (AvgIpc) is 2.85. The number of benzene rings is 1. The maximum absolute atomic E-state index is 12.8. The molecular weight excluding hydrogens is 472 g/mol. The van der Waals surface area contributed by atoms with Crippen molar-refractivity contribution in [1.82, 2.24) is 24.3 Å². The summed E-state index contributed by atoms with van der Waals surface area (Å²) in [4.78, 5) is 47.7. The summed E-state index contributed by atoms with van der Waals surface area (Å²) in [6.07, 6.45) is 4.71. The van der Waals surface area contributed by atoms with Crippen molar-refractivity contribution in [2.75, 3.05) is 44.6 Å². The fourth-order valence-electron chi connectivity index (χ4n) is 5.41. The first-order valence-electron chi connectivity index (χ1n) is 12.9. The third-order valence-electron chi connectivity index (χ3n) is 7.57. The van der Waals surface area contributed by atoms with Gasteiger partial charge in [-0.15, -0.1) is 0 Å². The molecule has 1 aromatic heterocycles. The molecule has 11 heteroatoms. The highest BCUT2D eigenvalue weighted by molar-refractivity contribution is 5.89. The third-order valence-corrected chi connectivity index (χ3v) is 7.57. The summed E-state index contributed by atoms with van der Waals surface area (Å²) in [5.41, 5.74) is 13.8. The predicted octanol–water partition coefficient (Wildman–Crippen LogP) is 0.146. The topological polar surface area (TPSA) is 143 Å². The number of nitrogens with one attached hydrogen (secondary N) is 1. The number of urea groups is 1. The lowest BCUT2D eigenvalue weighted by Gasteiger charge is -2.44. The number of hydrogen-bond acceptors (Lipinski definition) is 7. The van der Waals surface area contributed by atoms with E-state index in [1.54, 1.807) is 35.9 Å². The zero-order chi connectivity index (χ0) is 26.3. The zero-order valence-corrected chi connectivity index (χ0v) is 21.5. The number of aromatic nitrogens is 2. The highest BCUT2D eigenvalue weighted by atomic mass is 16.2.